The fraction of sp³-hybridized carbons (Fsp3) is 0.125. The van der Waals surface area contributed by atoms with Crippen LogP contribution in [0.3, 0.4) is 0 Å². The van der Waals surface area contributed by atoms with Crippen LogP contribution in [-0.4, -0.2) is 22.9 Å². The van der Waals surface area contributed by atoms with Gasteiger partial charge in [0.05, 0.1) is 12.7 Å². The lowest BCUT2D eigenvalue weighted by molar-refractivity contribution is 0.0724. The number of amides is 1. The maximum atomic E-state index is 15.1. The van der Waals surface area contributed by atoms with E-state index >= 15 is 4.39 Å². The second-order valence-electron chi connectivity index (χ2n) is 7.16. The Bertz CT molecular complexity index is 1200. The van der Waals surface area contributed by atoms with Gasteiger partial charge in [-0.3, -0.25) is 4.79 Å². The lowest BCUT2D eigenvalue weighted by Crippen LogP contribution is -2.31. The molecule has 0 saturated heterocycles. The average Bonchev–Trinajstić information content (AvgIpc) is 3.31. The molecule has 1 aliphatic heterocycles. The SMILES string of the molecule is COc1cccc(F)c1[C@H](c1cc2ccccc2[nH]1)N1Cc2ccccc2C1=O. The molecule has 0 saturated carbocycles. The predicted octanol–water partition coefficient (Wildman–Crippen LogP) is 5.06. The van der Waals surface area contributed by atoms with E-state index in [0.717, 1.165) is 22.2 Å². The summed E-state index contributed by atoms with van der Waals surface area (Å²) in [5.74, 6) is -0.108. The van der Waals surface area contributed by atoms with Crippen molar-refractivity contribution in [3.63, 3.8) is 0 Å². The third-order valence-electron chi connectivity index (χ3n) is 5.51. The van der Waals surface area contributed by atoms with Crippen molar-refractivity contribution < 1.29 is 13.9 Å². The number of para-hydroxylation sites is 1. The van der Waals surface area contributed by atoms with Crippen molar-refractivity contribution in [1.82, 2.24) is 9.88 Å². The Kier molecular flexibility index (Phi) is 4.09. The van der Waals surface area contributed by atoms with E-state index in [4.69, 9.17) is 4.74 Å². The summed E-state index contributed by atoms with van der Waals surface area (Å²) in [5.41, 5.74) is 3.63. The number of carbonyl (C=O) groups excluding carboxylic acids is 1. The molecule has 1 aromatic heterocycles. The summed E-state index contributed by atoms with van der Waals surface area (Å²) in [6.07, 6.45) is 0. The number of nitrogens with zero attached hydrogens (tertiary/aromatic N) is 1. The highest BCUT2D eigenvalue weighted by atomic mass is 19.1. The van der Waals surface area contributed by atoms with Crippen molar-refractivity contribution in [3.05, 3.63) is 101 Å². The first-order chi connectivity index (χ1) is 14.2. The van der Waals surface area contributed by atoms with Crippen LogP contribution in [0.15, 0.2) is 72.8 Å². The molecule has 4 aromatic rings. The summed E-state index contributed by atoms with van der Waals surface area (Å²) >= 11 is 0. The van der Waals surface area contributed by atoms with E-state index in [1.165, 1.54) is 13.2 Å². The second-order valence-corrected chi connectivity index (χ2v) is 7.16. The molecule has 1 amide bonds. The molecule has 0 spiro atoms. The summed E-state index contributed by atoms with van der Waals surface area (Å²) in [6.45, 7) is 0.409. The van der Waals surface area contributed by atoms with Gasteiger partial charge in [0.25, 0.3) is 5.91 Å². The molecule has 2 heterocycles. The van der Waals surface area contributed by atoms with Crippen LogP contribution in [0.25, 0.3) is 10.9 Å². The van der Waals surface area contributed by atoms with Crippen LogP contribution in [-0.2, 0) is 6.54 Å². The number of nitrogens with one attached hydrogen (secondary N) is 1. The molecule has 0 radical (unpaired) electrons. The number of benzene rings is 3. The summed E-state index contributed by atoms with van der Waals surface area (Å²) in [7, 11) is 1.51. The van der Waals surface area contributed by atoms with Gasteiger partial charge in [0, 0.05) is 23.3 Å². The number of fused-ring (bicyclic) bond motifs is 2. The molecule has 0 bridgehead atoms. The predicted molar refractivity (Wildman–Crippen MR) is 109 cm³/mol. The Labute approximate surface area is 167 Å². The molecular formula is C24H19FN2O2. The Balaban J connectivity index is 1.72. The number of aromatic amines is 1. The van der Waals surface area contributed by atoms with Crippen molar-refractivity contribution in [2.24, 2.45) is 0 Å². The number of H-pyrrole nitrogens is 1. The molecule has 5 heteroatoms. The van der Waals surface area contributed by atoms with E-state index in [1.54, 1.807) is 17.0 Å². The molecule has 0 unspecified atom stereocenters. The summed E-state index contributed by atoms with van der Waals surface area (Å²) in [5, 5.41) is 1.01. The maximum Gasteiger partial charge on any atom is 0.255 e. The third kappa shape index (κ3) is 2.78. The minimum Gasteiger partial charge on any atom is -0.496 e. The molecule has 144 valence electrons. The van der Waals surface area contributed by atoms with Crippen LogP contribution in [0.2, 0.25) is 0 Å². The van der Waals surface area contributed by atoms with Crippen molar-refractivity contribution in [1.29, 1.82) is 0 Å². The number of hydrogen-bond acceptors (Lipinski definition) is 2. The molecule has 1 N–H and O–H groups in total. The fourth-order valence-electron chi connectivity index (χ4n) is 4.17. The van der Waals surface area contributed by atoms with Gasteiger partial charge in [-0.25, -0.2) is 4.39 Å². The lowest BCUT2D eigenvalue weighted by atomic mass is 10.00. The molecule has 0 fully saturated rings. The quantitative estimate of drug-likeness (QED) is 0.533. The first kappa shape index (κ1) is 17.5. The zero-order valence-electron chi connectivity index (χ0n) is 15.9. The largest absolute Gasteiger partial charge is 0.496 e. The van der Waals surface area contributed by atoms with E-state index in [2.05, 4.69) is 4.98 Å². The smallest absolute Gasteiger partial charge is 0.255 e. The summed E-state index contributed by atoms with van der Waals surface area (Å²) < 4.78 is 20.6. The van der Waals surface area contributed by atoms with Crippen molar-refractivity contribution in [3.8, 4) is 5.75 Å². The van der Waals surface area contributed by atoms with Gasteiger partial charge < -0.3 is 14.6 Å². The van der Waals surface area contributed by atoms with E-state index in [9.17, 15) is 4.79 Å². The molecule has 29 heavy (non-hydrogen) atoms. The highest BCUT2D eigenvalue weighted by Gasteiger charge is 2.37. The van der Waals surface area contributed by atoms with Crippen molar-refractivity contribution in [2.45, 2.75) is 12.6 Å². The third-order valence-corrected chi connectivity index (χ3v) is 5.51. The summed E-state index contributed by atoms with van der Waals surface area (Å²) in [6, 6.07) is 21.4. The number of hydrogen-bond donors (Lipinski definition) is 1. The lowest BCUT2D eigenvalue weighted by Gasteiger charge is -2.29. The van der Waals surface area contributed by atoms with Crippen LogP contribution >= 0.6 is 0 Å². The van der Waals surface area contributed by atoms with Crippen LogP contribution in [0.5, 0.6) is 5.75 Å². The fourth-order valence-corrected chi connectivity index (χ4v) is 4.17. The van der Waals surface area contributed by atoms with Crippen molar-refractivity contribution in [2.75, 3.05) is 7.11 Å². The Morgan fingerprint density at radius 1 is 1.03 bits per heavy atom. The monoisotopic (exact) mass is 386 g/mol. The van der Waals surface area contributed by atoms with E-state index in [-0.39, 0.29) is 5.91 Å². The minimum atomic E-state index is -0.640. The van der Waals surface area contributed by atoms with Crippen molar-refractivity contribution >= 4 is 16.8 Å². The van der Waals surface area contributed by atoms with Gasteiger partial charge in [0.1, 0.15) is 17.6 Å². The van der Waals surface area contributed by atoms with Gasteiger partial charge in [0.15, 0.2) is 0 Å². The zero-order valence-corrected chi connectivity index (χ0v) is 15.9. The Hall–Kier alpha value is -3.60. The molecule has 1 atom stereocenters. The van der Waals surface area contributed by atoms with Gasteiger partial charge >= 0.3 is 0 Å². The van der Waals surface area contributed by atoms with Gasteiger partial charge in [0.2, 0.25) is 0 Å². The number of carbonyl (C=O) groups is 1. The first-order valence-corrected chi connectivity index (χ1v) is 9.46. The zero-order chi connectivity index (χ0) is 20.0. The number of methoxy groups -OCH3 is 1. The van der Waals surface area contributed by atoms with Gasteiger partial charge in [-0.15, -0.1) is 0 Å². The molecule has 4 nitrogen and oxygen atoms in total. The molecule has 3 aromatic carbocycles. The van der Waals surface area contributed by atoms with E-state index < -0.39 is 11.9 Å². The van der Waals surface area contributed by atoms with Crippen LogP contribution in [0.1, 0.15) is 33.2 Å². The topological polar surface area (TPSA) is 45.3 Å². The van der Waals surface area contributed by atoms with Gasteiger partial charge in [-0.05, 0) is 41.3 Å². The number of ether oxygens (including phenoxy) is 1. The van der Waals surface area contributed by atoms with Crippen LogP contribution < -0.4 is 4.74 Å². The average molecular weight is 386 g/mol. The standard InChI is InChI=1S/C24H19FN2O2/c1-29-21-12-6-10-18(25)22(21)23(20-13-15-7-3-5-11-19(15)26-20)27-14-16-8-2-4-9-17(16)24(27)28/h2-13,23,26H,14H2,1H3/t23-/m0/s1. The highest BCUT2D eigenvalue weighted by molar-refractivity contribution is 5.99. The molecule has 0 aliphatic carbocycles. The molecule has 1 aliphatic rings. The van der Waals surface area contributed by atoms with Gasteiger partial charge in [-0.1, -0.05) is 42.5 Å². The Morgan fingerprint density at radius 2 is 1.83 bits per heavy atom. The second kappa shape index (κ2) is 6.78. The summed E-state index contributed by atoms with van der Waals surface area (Å²) in [4.78, 5) is 18.3. The van der Waals surface area contributed by atoms with E-state index in [1.807, 2.05) is 54.6 Å². The minimum absolute atomic E-state index is 0.116. The van der Waals surface area contributed by atoms with Crippen LogP contribution in [0.4, 0.5) is 4.39 Å². The maximum absolute atomic E-state index is 15.1. The molecular weight excluding hydrogens is 367 g/mol. The normalized spacial score (nSPS) is 14.3. The highest BCUT2D eigenvalue weighted by Crippen LogP contribution is 2.41. The van der Waals surface area contributed by atoms with Gasteiger partial charge in [-0.2, -0.15) is 0 Å². The van der Waals surface area contributed by atoms with Crippen LogP contribution in [0, 0.1) is 5.82 Å². The number of rotatable bonds is 4. The first-order valence-electron chi connectivity index (χ1n) is 9.46. The number of halogens is 1. The molecule has 5 rings (SSSR count). The Morgan fingerprint density at radius 3 is 2.62 bits per heavy atom. The van der Waals surface area contributed by atoms with E-state index in [0.29, 0.717) is 23.4 Å². The number of aromatic nitrogens is 1.